The number of nitrogens with one attached hydrogen (secondary N) is 1. The zero-order chi connectivity index (χ0) is 21.2. The molecule has 2 aromatic carbocycles. The monoisotopic (exact) mass is 450 g/mol. The van der Waals surface area contributed by atoms with Crippen LogP contribution in [0.5, 0.6) is 0 Å². The third-order valence-electron chi connectivity index (χ3n) is 4.57. The fraction of sp³-hybridized carbons (Fsp3) is 0.286. The average Bonchev–Trinajstić information content (AvgIpc) is 3.10. The fourth-order valence-electron chi connectivity index (χ4n) is 2.80. The van der Waals surface area contributed by atoms with Crippen molar-refractivity contribution in [3.63, 3.8) is 0 Å². The first-order valence-corrected chi connectivity index (χ1v) is 11.9. The number of carbonyl (C=O) groups excluding carboxylic acids is 1. The highest BCUT2D eigenvalue weighted by molar-refractivity contribution is 7.92. The van der Waals surface area contributed by atoms with Gasteiger partial charge in [-0.05, 0) is 66.3 Å². The van der Waals surface area contributed by atoms with Crippen LogP contribution in [-0.4, -0.2) is 27.9 Å². The Morgan fingerprint density at radius 2 is 1.83 bits per heavy atom. The highest BCUT2D eigenvalue weighted by Gasteiger charge is 2.22. The van der Waals surface area contributed by atoms with E-state index in [9.17, 15) is 13.2 Å². The lowest BCUT2D eigenvalue weighted by Crippen LogP contribution is -2.26. The van der Waals surface area contributed by atoms with Crippen molar-refractivity contribution in [2.24, 2.45) is 5.92 Å². The Kier molecular flexibility index (Phi) is 6.51. The van der Waals surface area contributed by atoms with Gasteiger partial charge in [-0.15, -0.1) is 11.3 Å². The van der Waals surface area contributed by atoms with E-state index in [1.54, 1.807) is 30.3 Å². The largest absolute Gasteiger partial charge is 0.351 e. The summed E-state index contributed by atoms with van der Waals surface area (Å²) in [6.45, 7) is 4.86. The topological polar surface area (TPSA) is 66.5 Å². The maximum Gasteiger partial charge on any atom is 0.264 e. The second-order valence-corrected chi connectivity index (χ2v) is 10.7. The van der Waals surface area contributed by atoms with Gasteiger partial charge in [0.1, 0.15) is 0 Å². The number of carbonyl (C=O) groups is 1. The smallest absolute Gasteiger partial charge is 0.264 e. The van der Waals surface area contributed by atoms with E-state index in [-0.39, 0.29) is 10.8 Å². The van der Waals surface area contributed by atoms with Crippen LogP contribution in [0.2, 0.25) is 5.02 Å². The lowest BCUT2D eigenvalue weighted by atomic mass is 10.1. The number of nitrogens with zero attached hydrogens (tertiary/aromatic N) is 1. The van der Waals surface area contributed by atoms with Crippen LogP contribution in [-0.2, 0) is 10.0 Å². The summed E-state index contributed by atoms with van der Waals surface area (Å²) in [5, 5.41) is 4.24. The zero-order valence-electron chi connectivity index (χ0n) is 16.5. The van der Waals surface area contributed by atoms with Gasteiger partial charge in [0.15, 0.2) is 0 Å². The molecule has 1 N–H and O–H groups in total. The summed E-state index contributed by atoms with van der Waals surface area (Å²) in [4.78, 5) is 13.2. The Morgan fingerprint density at radius 1 is 1.14 bits per heavy atom. The summed E-state index contributed by atoms with van der Waals surface area (Å²) in [6.07, 6.45) is 0.925. The van der Waals surface area contributed by atoms with Gasteiger partial charge in [0.05, 0.1) is 15.5 Å². The van der Waals surface area contributed by atoms with Crippen molar-refractivity contribution in [3.8, 4) is 0 Å². The van der Waals surface area contributed by atoms with Crippen LogP contribution >= 0.6 is 22.9 Å². The molecule has 0 aliphatic carbocycles. The number of halogens is 1. The van der Waals surface area contributed by atoms with Crippen LogP contribution in [0.4, 0.5) is 5.69 Å². The summed E-state index contributed by atoms with van der Waals surface area (Å²) >= 11 is 7.25. The van der Waals surface area contributed by atoms with Crippen molar-refractivity contribution >= 4 is 54.6 Å². The fourth-order valence-corrected chi connectivity index (χ4v) is 5.08. The molecule has 0 saturated heterocycles. The maximum absolute atomic E-state index is 12.9. The summed E-state index contributed by atoms with van der Waals surface area (Å²) in [7, 11) is -2.20. The Bertz CT molecular complexity index is 1120. The Labute approximate surface area is 180 Å². The number of amides is 1. The van der Waals surface area contributed by atoms with E-state index < -0.39 is 10.0 Å². The molecule has 0 aliphatic heterocycles. The van der Waals surface area contributed by atoms with Crippen LogP contribution < -0.4 is 9.62 Å². The van der Waals surface area contributed by atoms with Crippen LogP contribution in [0, 0.1) is 5.92 Å². The number of thiophene rings is 1. The third kappa shape index (κ3) is 4.91. The van der Waals surface area contributed by atoms with E-state index in [0.717, 1.165) is 16.5 Å². The van der Waals surface area contributed by atoms with E-state index in [1.807, 2.05) is 6.07 Å². The molecule has 0 unspecified atom stereocenters. The normalized spacial score (nSPS) is 11.8. The van der Waals surface area contributed by atoms with E-state index in [2.05, 4.69) is 19.2 Å². The molecular formula is C21H23ClN2O3S2. The summed E-state index contributed by atoms with van der Waals surface area (Å²) in [5.74, 6) is 0.425. The van der Waals surface area contributed by atoms with Gasteiger partial charge in [0.25, 0.3) is 15.9 Å². The minimum Gasteiger partial charge on any atom is -0.351 e. The maximum atomic E-state index is 12.9. The first-order chi connectivity index (χ1) is 13.7. The molecule has 0 fully saturated rings. The van der Waals surface area contributed by atoms with Crippen LogP contribution in [0.3, 0.4) is 0 Å². The molecule has 1 heterocycles. The zero-order valence-corrected chi connectivity index (χ0v) is 18.9. The minimum atomic E-state index is -3.71. The van der Waals surface area contributed by atoms with Crippen molar-refractivity contribution in [3.05, 3.63) is 58.4 Å². The van der Waals surface area contributed by atoms with Crippen LogP contribution in [0.25, 0.3) is 10.1 Å². The molecular weight excluding hydrogens is 428 g/mol. The van der Waals surface area contributed by atoms with E-state index in [1.165, 1.54) is 34.8 Å². The number of fused-ring (bicyclic) bond motifs is 1. The number of hydrogen-bond acceptors (Lipinski definition) is 4. The first kappa shape index (κ1) is 21.6. The lowest BCUT2D eigenvalue weighted by molar-refractivity contribution is 0.0956. The Balaban J connectivity index is 1.83. The molecule has 3 rings (SSSR count). The van der Waals surface area contributed by atoms with Crippen molar-refractivity contribution in [2.75, 3.05) is 17.9 Å². The number of benzene rings is 2. The molecule has 1 aromatic heterocycles. The standard InChI is InChI=1S/C21H23ClN2O3S2/c1-14(2)10-11-23-21(25)20-13-15-12-17(6-9-19(15)28-20)24(3)29(26,27)18-7-4-16(22)5-8-18/h4-9,12-14H,10-11H2,1-3H3,(H,23,25). The van der Waals surface area contributed by atoms with Crippen molar-refractivity contribution in [1.82, 2.24) is 5.32 Å². The second kappa shape index (κ2) is 8.73. The SMILES string of the molecule is CC(C)CCNC(=O)c1cc2cc(N(C)S(=O)(=O)c3ccc(Cl)cc3)ccc2s1. The molecule has 0 aliphatic rings. The molecule has 0 bridgehead atoms. The molecule has 0 radical (unpaired) electrons. The molecule has 5 nitrogen and oxygen atoms in total. The predicted molar refractivity (Wildman–Crippen MR) is 121 cm³/mol. The lowest BCUT2D eigenvalue weighted by Gasteiger charge is -2.19. The van der Waals surface area contributed by atoms with E-state index in [0.29, 0.717) is 28.0 Å². The van der Waals surface area contributed by atoms with Gasteiger partial charge in [0, 0.05) is 23.3 Å². The molecule has 8 heteroatoms. The van der Waals surface area contributed by atoms with Crippen molar-refractivity contribution in [2.45, 2.75) is 25.2 Å². The van der Waals surface area contributed by atoms with Gasteiger partial charge in [-0.2, -0.15) is 0 Å². The molecule has 0 atom stereocenters. The quantitative estimate of drug-likeness (QED) is 0.540. The molecule has 0 spiro atoms. The van der Waals surface area contributed by atoms with Crippen LogP contribution in [0.1, 0.15) is 29.9 Å². The highest BCUT2D eigenvalue weighted by Crippen LogP contribution is 2.31. The molecule has 29 heavy (non-hydrogen) atoms. The molecule has 3 aromatic rings. The van der Waals surface area contributed by atoms with E-state index in [4.69, 9.17) is 11.6 Å². The summed E-state index contributed by atoms with van der Waals surface area (Å²) in [5.41, 5.74) is 0.525. The van der Waals surface area contributed by atoms with Gasteiger partial charge in [-0.1, -0.05) is 25.4 Å². The number of sulfonamides is 1. The average molecular weight is 451 g/mol. The first-order valence-electron chi connectivity index (χ1n) is 9.25. The number of rotatable bonds is 7. The van der Waals surface area contributed by atoms with Gasteiger partial charge in [0.2, 0.25) is 0 Å². The van der Waals surface area contributed by atoms with Gasteiger partial charge in [-0.25, -0.2) is 8.42 Å². The Hall–Kier alpha value is -2.09. The highest BCUT2D eigenvalue weighted by atomic mass is 35.5. The van der Waals surface area contributed by atoms with Gasteiger partial charge >= 0.3 is 0 Å². The summed E-state index contributed by atoms with van der Waals surface area (Å²) in [6, 6.07) is 13.2. The number of anilines is 1. The Morgan fingerprint density at radius 3 is 2.48 bits per heavy atom. The number of hydrogen-bond donors (Lipinski definition) is 1. The van der Waals surface area contributed by atoms with E-state index >= 15 is 0 Å². The van der Waals surface area contributed by atoms with Gasteiger partial charge < -0.3 is 5.32 Å². The minimum absolute atomic E-state index is 0.101. The molecule has 0 saturated carbocycles. The van der Waals surface area contributed by atoms with Crippen LogP contribution in [0.15, 0.2) is 53.4 Å². The predicted octanol–water partition coefficient (Wildman–Crippen LogP) is 5.16. The van der Waals surface area contributed by atoms with Crippen molar-refractivity contribution < 1.29 is 13.2 Å². The molecule has 1 amide bonds. The van der Waals surface area contributed by atoms with Crippen molar-refractivity contribution in [1.29, 1.82) is 0 Å². The second-order valence-electron chi connectivity index (χ2n) is 7.20. The third-order valence-corrected chi connectivity index (χ3v) is 7.73. The molecule has 154 valence electrons. The summed E-state index contributed by atoms with van der Waals surface area (Å²) < 4.78 is 27.9. The van der Waals surface area contributed by atoms with Gasteiger partial charge in [-0.3, -0.25) is 9.10 Å².